The average Bonchev–Trinajstić information content (AvgIpc) is 3.15. The topological polar surface area (TPSA) is 84.9 Å². The van der Waals surface area contributed by atoms with E-state index in [-0.39, 0.29) is 24.9 Å². The van der Waals surface area contributed by atoms with Gasteiger partial charge in [-0.05, 0) is 31.5 Å². The number of carbonyl (C=O) groups is 3. The molecule has 2 aromatic carbocycles. The summed E-state index contributed by atoms with van der Waals surface area (Å²) in [6, 6.07) is 16.6. The molecule has 2 amide bonds. The summed E-state index contributed by atoms with van der Waals surface area (Å²) in [5, 5.41) is 2.68. The lowest BCUT2D eigenvalue weighted by Gasteiger charge is -2.25. The highest BCUT2D eigenvalue weighted by atomic mass is 16.5. The SMILES string of the molecule is CCOc1ccccc1NC(=O)COC(=O)[C@H]1CC(=O)N([C@H](C)c2ccccc2)C1. The van der Waals surface area contributed by atoms with Crippen molar-refractivity contribution in [3.05, 3.63) is 60.2 Å². The standard InChI is InChI=1S/C23H26N2O5/c1-3-29-20-12-8-7-11-19(20)24-21(26)15-30-23(28)18-13-22(27)25(14-18)16(2)17-9-5-4-6-10-17/h4-12,16,18H,3,13-15H2,1-2H3,(H,24,26)/t16-,18+/m1/s1. The molecule has 0 saturated carbocycles. The molecule has 0 aromatic heterocycles. The highest BCUT2D eigenvalue weighted by molar-refractivity contribution is 5.94. The zero-order valence-electron chi connectivity index (χ0n) is 17.2. The van der Waals surface area contributed by atoms with E-state index in [1.165, 1.54) is 0 Å². The van der Waals surface area contributed by atoms with Gasteiger partial charge in [0, 0.05) is 13.0 Å². The molecule has 0 aliphatic carbocycles. The maximum atomic E-state index is 12.4. The average molecular weight is 410 g/mol. The first-order valence-corrected chi connectivity index (χ1v) is 10.0. The van der Waals surface area contributed by atoms with E-state index in [0.717, 1.165) is 5.56 Å². The van der Waals surface area contributed by atoms with Crippen molar-refractivity contribution in [3.8, 4) is 5.75 Å². The predicted octanol–water partition coefficient (Wildman–Crippen LogP) is 3.18. The number of esters is 1. The fourth-order valence-corrected chi connectivity index (χ4v) is 3.47. The third-order valence-electron chi connectivity index (χ3n) is 5.05. The largest absolute Gasteiger partial charge is 0.492 e. The van der Waals surface area contributed by atoms with Crippen LogP contribution in [0.25, 0.3) is 0 Å². The molecule has 7 heteroatoms. The summed E-state index contributed by atoms with van der Waals surface area (Å²) < 4.78 is 10.6. The Morgan fingerprint density at radius 3 is 2.57 bits per heavy atom. The Labute approximate surface area is 176 Å². The molecule has 1 aliphatic heterocycles. The van der Waals surface area contributed by atoms with Crippen LogP contribution < -0.4 is 10.1 Å². The third-order valence-corrected chi connectivity index (χ3v) is 5.05. The lowest BCUT2D eigenvalue weighted by Crippen LogP contribution is -2.30. The normalized spacial score (nSPS) is 16.8. The van der Waals surface area contributed by atoms with E-state index in [2.05, 4.69) is 5.32 Å². The second kappa shape index (κ2) is 9.91. The minimum Gasteiger partial charge on any atom is -0.492 e. The third kappa shape index (κ3) is 5.17. The van der Waals surface area contributed by atoms with Gasteiger partial charge in [-0.25, -0.2) is 0 Å². The van der Waals surface area contributed by atoms with Crippen molar-refractivity contribution in [2.45, 2.75) is 26.3 Å². The number of nitrogens with one attached hydrogen (secondary N) is 1. The first-order chi connectivity index (χ1) is 14.5. The van der Waals surface area contributed by atoms with Crippen molar-refractivity contribution in [1.82, 2.24) is 4.90 Å². The number of likely N-dealkylation sites (tertiary alicyclic amines) is 1. The first kappa shape index (κ1) is 21.4. The summed E-state index contributed by atoms with van der Waals surface area (Å²) >= 11 is 0. The van der Waals surface area contributed by atoms with Gasteiger partial charge in [0.1, 0.15) is 5.75 Å². The second-order valence-electron chi connectivity index (χ2n) is 7.12. The number of anilines is 1. The maximum Gasteiger partial charge on any atom is 0.311 e. The lowest BCUT2D eigenvalue weighted by molar-refractivity contribution is -0.151. The van der Waals surface area contributed by atoms with Gasteiger partial charge in [0.2, 0.25) is 5.91 Å². The smallest absolute Gasteiger partial charge is 0.311 e. The summed E-state index contributed by atoms with van der Waals surface area (Å²) in [5.41, 5.74) is 1.52. The van der Waals surface area contributed by atoms with Crippen molar-refractivity contribution in [1.29, 1.82) is 0 Å². The predicted molar refractivity (Wildman–Crippen MR) is 112 cm³/mol. The molecule has 158 valence electrons. The Kier molecular flexibility index (Phi) is 7.06. The number of ether oxygens (including phenoxy) is 2. The first-order valence-electron chi connectivity index (χ1n) is 10.0. The van der Waals surface area contributed by atoms with E-state index in [1.807, 2.05) is 44.2 Å². The van der Waals surface area contributed by atoms with Crippen LogP contribution in [-0.4, -0.2) is 42.4 Å². The van der Waals surface area contributed by atoms with E-state index in [1.54, 1.807) is 29.2 Å². The Morgan fingerprint density at radius 1 is 1.13 bits per heavy atom. The maximum absolute atomic E-state index is 12.4. The highest BCUT2D eigenvalue weighted by Crippen LogP contribution is 2.29. The van der Waals surface area contributed by atoms with Gasteiger partial charge in [-0.2, -0.15) is 0 Å². The van der Waals surface area contributed by atoms with Crippen molar-refractivity contribution >= 4 is 23.5 Å². The molecule has 0 radical (unpaired) electrons. The number of para-hydroxylation sites is 2. The highest BCUT2D eigenvalue weighted by Gasteiger charge is 2.38. The monoisotopic (exact) mass is 410 g/mol. The number of hydrogen-bond acceptors (Lipinski definition) is 5. The van der Waals surface area contributed by atoms with Gasteiger partial charge in [0.05, 0.1) is 24.3 Å². The van der Waals surface area contributed by atoms with Gasteiger partial charge in [-0.15, -0.1) is 0 Å². The van der Waals surface area contributed by atoms with E-state index in [0.29, 0.717) is 18.0 Å². The van der Waals surface area contributed by atoms with Crippen LogP contribution >= 0.6 is 0 Å². The van der Waals surface area contributed by atoms with Gasteiger partial charge in [0.25, 0.3) is 5.91 Å². The van der Waals surface area contributed by atoms with Crippen molar-refractivity contribution in [2.75, 3.05) is 25.1 Å². The van der Waals surface area contributed by atoms with Crippen molar-refractivity contribution < 1.29 is 23.9 Å². The molecule has 1 N–H and O–H groups in total. The van der Waals surface area contributed by atoms with Gasteiger partial charge in [-0.1, -0.05) is 42.5 Å². The second-order valence-corrected chi connectivity index (χ2v) is 7.12. The summed E-state index contributed by atoms with van der Waals surface area (Å²) in [5.74, 6) is -1.13. The van der Waals surface area contributed by atoms with Crippen LogP contribution in [0.15, 0.2) is 54.6 Å². The summed E-state index contributed by atoms with van der Waals surface area (Å²) in [6.07, 6.45) is 0.0881. The zero-order chi connectivity index (χ0) is 21.5. The molecule has 0 bridgehead atoms. The van der Waals surface area contributed by atoms with E-state index >= 15 is 0 Å². The van der Waals surface area contributed by atoms with Crippen LogP contribution in [-0.2, 0) is 19.1 Å². The van der Waals surface area contributed by atoms with E-state index in [9.17, 15) is 14.4 Å². The Morgan fingerprint density at radius 2 is 1.83 bits per heavy atom. The minimum atomic E-state index is -0.577. The van der Waals surface area contributed by atoms with Gasteiger partial charge >= 0.3 is 5.97 Å². The number of hydrogen-bond donors (Lipinski definition) is 1. The molecule has 0 spiro atoms. The molecule has 2 atom stereocenters. The minimum absolute atomic E-state index is 0.0881. The molecular weight excluding hydrogens is 384 g/mol. The molecule has 1 aliphatic rings. The van der Waals surface area contributed by atoms with Crippen LogP contribution in [0.2, 0.25) is 0 Å². The molecule has 3 rings (SSSR count). The number of benzene rings is 2. The number of rotatable bonds is 8. The van der Waals surface area contributed by atoms with E-state index in [4.69, 9.17) is 9.47 Å². The molecular formula is C23H26N2O5. The Hall–Kier alpha value is -3.35. The van der Waals surface area contributed by atoms with Crippen LogP contribution in [0, 0.1) is 5.92 Å². The van der Waals surface area contributed by atoms with Crippen molar-refractivity contribution in [3.63, 3.8) is 0 Å². The van der Waals surface area contributed by atoms with Gasteiger partial charge < -0.3 is 19.7 Å². The number of carbonyl (C=O) groups excluding carboxylic acids is 3. The van der Waals surface area contributed by atoms with Crippen LogP contribution in [0.5, 0.6) is 5.75 Å². The molecule has 7 nitrogen and oxygen atoms in total. The molecule has 1 heterocycles. The lowest BCUT2D eigenvalue weighted by atomic mass is 10.1. The molecule has 1 saturated heterocycles. The molecule has 2 aromatic rings. The summed E-state index contributed by atoms with van der Waals surface area (Å²) in [7, 11) is 0. The fourth-order valence-electron chi connectivity index (χ4n) is 3.47. The van der Waals surface area contributed by atoms with Gasteiger partial charge in [0.15, 0.2) is 6.61 Å². The fraction of sp³-hybridized carbons (Fsp3) is 0.348. The van der Waals surface area contributed by atoms with Gasteiger partial charge in [-0.3, -0.25) is 14.4 Å². The zero-order valence-corrected chi connectivity index (χ0v) is 17.2. The van der Waals surface area contributed by atoms with E-state index < -0.39 is 24.4 Å². The molecule has 30 heavy (non-hydrogen) atoms. The van der Waals surface area contributed by atoms with Crippen LogP contribution in [0.3, 0.4) is 0 Å². The molecule has 0 unspecified atom stereocenters. The quantitative estimate of drug-likeness (QED) is 0.676. The summed E-state index contributed by atoms with van der Waals surface area (Å²) in [6.45, 7) is 4.12. The number of amides is 2. The van der Waals surface area contributed by atoms with Crippen LogP contribution in [0.1, 0.15) is 31.9 Å². The Bertz CT molecular complexity index is 899. The van der Waals surface area contributed by atoms with Crippen LogP contribution in [0.4, 0.5) is 5.69 Å². The molecule has 1 fully saturated rings. The number of nitrogens with zero attached hydrogens (tertiary/aromatic N) is 1. The summed E-state index contributed by atoms with van der Waals surface area (Å²) in [4.78, 5) is 38.7. The van der Waals surface area contributed by atoms with Crippen molar-refractivity contribution in [2.24, 2.45) is 5.92 Å². The Balaban J connectivity index is 1.52.